The number of aryl methyl sites for hydroxylation is 1. The van der Waals surface area contributed by atoms with E-state index in [4.69, 9.17) is 11.6 Å². The molecule has 0 aliphatic heterocycles. The van der Waals surface area contributed by atoms with Crippen molar-refractivity contribution in [3.05, 3.63) is 28.8 Å². The SMILES string of the molecule is Cc1ccc(NC(=O)[C@H]2C[C@@H]2C)c(Cl)c1. The average molecular weight is 224 g/mol. The van der Waals surface area contributed by atoms with Crippen LogP contribution in [0.3, 0.4) is 0 Å². The normalized spacial score (nSPS) is 23.7. The number of rotatable bonds is 2. The fourth-order valence-electron chi connectivity index (χ4n) is 1.63. The highest BCUT2D eigenvalue weighted by Crippen LogP contribution is 2.38. The molecule has 0 radical (unpaired) electrons. The van der Waals surface area contributed by atoms with Crippen molar-refractivity contribution in [2.45, 2.75) is 20.3 Å². The Labute approximate surface area is 94.6 Å². The molecule has 0 aromatic heterocycles. The Bertz CT molecular complexity index is 403. The van der Waals surface area contributed by atoms with E-state index in [0.717, 1.165) is 12.0 Å². The van der Waals surface area contributed by atoms with E-state index in [1.807, 2.05) is 25.1 Å². The molecule has 0 spiro atoms. The zero-order chi connectivity index (χ0) is 11.0. The number of amides is 1. The third kappa shape index (κ3) is 2.32. The van der Waals surface area contributed by atoms with Gasteiger partial charge in [-0.05, 0) is 37.0 Å². The van der Waals surface area contributed by atoms with Crippen LogP contribution < -0.4 is 5.32 Å². The maximum Gasteiger partial charge on any atom is 0.227 e. The van der Waals surface area contributed by atoms with Crippen LogP contribution in [0, 0.1) is 18.8 Å². The highest BCUT2D eigenvalue weighted by Gasteiger charge is 2.39. The lowest BCUT2D eigenvalue weighted by molar-refractivity contribution is -0.117. The lowest BCUT2D eigenvalue weighted by Crippen LogP contribution is -2.14. The van der Waals surface area contributed by atoms with E-state index in [2.05, 4.69) is 12.2 Å². The van der Waals surface area contributed by atoms with Crippen molar-refractivity contribution < 1.29 is 4.79 Å². The van der Waals surface area contributed by atoms with Gasteiger partial charge >= 0.3 is 0 Å². The Morgan fingerprint density at radius 1 is 1.53 bits per heavy atom. The van der Waals surface area contributed by atoms with E-state index in [1.54, 1.807) is 0 Å². The maximum atomic E-state index is 11.7. The van der Waals surface area contributed by atoms with Crippen molar-refractivity contribution in [3.8, 4) is 0 Å². The molecule has 2 nitrogen and oxygen atoms in total. The summed E-state index contributed by atoms with van der Waals surface area (Å²) in [5.41, 5.74) is 1.81. The topological polar surface area (TPSA) is 29.1 Å². The molecule has 80 valence electrons. The van der Waals surface area contributed by atoms with Gasteiger partial charge in [-0.3, -0.25) is 4.79 Å². The van der Waals surface area contributed by atoms with Crippen LogP contribution in [0.4, 0.5) is 5.69 Å². The van der Waals surface area contributed by atoms with Crippen molar-refractivity contribution in [3.63, 3.8) is 0 Å². The molecule has 1 fully saturated rings. The van der Waals surface area contributed by atoms with E-state index < -0.39 is 0 Å². The fourth-order valence-corrected chi connectivity index (χ4v) is 1.92. The molecule has 0 saturated heterocycles. The Kier molecular flexibility index (Phi) is 2.70. The zero-order valence-electron chi connectivity index (χ0n) is 8.88. The predicted molar refractivity (Wildman–Crippen MR) is 62.1 cm³/mol. The number of carbonyl (C=O) groups excluding carboxylic acids is 1. The zero-order valence-corrected chi connectivity index (χ0v) is 9.64. The van der Waals surface area contributed by atoms with E-state index >= 15 is 0 Å². The molecular weight excluding hydrogens is 210 g/mol. The van der Waals surface area contributed by atoms with Crippen LogP contribution in [0.25, 0.3) is 0 Å². The van der Waals surface area contributed by atoms with Crippen molar-refractivity contribution >= 4 is 23.2 Å². The average Bonchev–Trinajstić information content (AvgIpc) is 2.88. The number of hydrogen-bond donors (Lipinski definition) is 1. The molecule has 15 heavy (non-hydrogen) atoms. The van der Waals surface area contributed by atoms with Crippen LogP contribution >= 0.6 is 11.6 Å². The first-order chi connectivity index (χ1) is 7.08. The summed E-state index contributed by atoms with van der Waals surface area (Å²) < 4.78 is 0. The van der Waals surface area contributed by atoms with Crippen molar-refractivity contribution in [1.29, 1.82) is 0 Å². The monoisotopic (exact) mass is 223 g/mol. The number of hydrogen-bond acceptors (Lipinski definition) is 1. The second kappa shape index (κ2) is 3.86. The highest BCUT2D eigenvalue weighted by atomic mass is 35.5. The number of benzene rings is 1. The largest absolute Gasteiger partial charge is 0.325 e. The lowest BCUT2D eigenvalue weighted by atomic mass is 10.2. The Morgan fingerprint density at radius 3 is 2.73 bits per heavy atom. The third-order valence-corrected chi connectivity index (χ3v) is 3.14. The van der Waals surface area contributed by atoms with Crippen LogP contribution in [0.1, 0.15) is 18.9 Å². The van der Waals surface area contributed by atoms with Crippen molar-refractivity contribution in [2.75, 3.05) is 5.32 Å². The summed E-state index contributed by atoms with van der Waals surface area (Å²) in [5, 5.41) is 3.47. The molecule has 1 amide bonds. The molecule has 2 rings (SSSR count). The van der Waals surface area contributed by atoms with Gasteiger partial charge in [-0.1, -0.05) is 24.6 Å². The minimum atomic E-state index is 0.0910. The van der Waals surface area contributed by atoms with Crippen LogP contribution in [0.15, 0.2) is 18.2 Å². The number of nitrogens with one attached hydrogen (secondary N) is 1. The molecule has 1 N–H and O–H groups in total. The second-order valence-electron chi connectivity index (χ2n) is 4.29. The molecule has 0 heterocycles. The first kappa shape index (κ1) is 10.5. The number of carbonyl (C=O) groups is 1. The molecule has 1 saturated carbocycles. The van der Waals surface area contributed by atoms with Crippen LogP contribution in [0.2, 0.25) is 5.02 Å². The summed E-state index contributed by atoms with van der Waals surface area (Å²) in [4.78, 5) is 11.7. The molecule has 0 bridgehead atoms. The number of anilines is 1. The van der Waals surface area contributed by atoms with Crippen molar-refractivity contribution in [2.24, 2.45) is 11.8 Å². The van der Waals surface area contributed by atoms with Gasteiger partial charge in [-0.2, -0.15) is 0 Å². The second-order valence-corrected chi connectivity index (χ2v) is 4.70. The summed E-state index contributed by atoms with van der Waals surface area (Å²) in [6.45, 7) is 4.06. The van der Waals surface area contributed by atoms with Gasteiger partial charge in [0.25, 0.3) is 0 Å². The minimum Gasteiger partial charge on any atom is -0.325 e. The lowest BCUT2D eigenvalue weighted by Gasteiger charge is -2.07. The number of halogens is 1. The van der Waals surface area contributed by atoms with Crippen LogP contribution in [-0.4, -0.2) is 5.91 Å². The third-order valence-electron chi connectivity index (χ3n) is 2.83. The molecular formula is C12H14ClNO. The summed E-state index contributed by atoms with van der Waals surface area (Å²) in [6, 6.07) is 5.65. The predicted octanol–water partition coefficient (Wildman–Crippen LogP) is 3.24. The van der Waals surface area contributed by atoms with Gasteiger partial charge in [0.2, 0.25) is 5.91 Å². The first-order valence-corrected chi connectivity index (χ1v) is 5.52. The molecule has 3 heteroatoms. The molecule has 1 aromatic rings. The fraction of sp³-hybridized carbons (Fsp3) is 0.417. The van der Waals surface area contributed by atoms with E-state index in [9.17, 15) is 4.79 Å². The Morgan fingerprint density at radius 2 is 2.20 bits per heavy atom. The summed E-state index contributed by atoms with van der Waals surface area (Å²) in [7, 11) is 0. The highest BCUT2D eigenvalue weighted by molar-refractivity contribution is 6.33. The minimum absolute atomic E-state index is 0.0910. The molecule has 1 aliphatic rings. The van der Waals surface area contributed by atoms with E-state index in [0.29, 0.717) is 16.6 Å². The molecule has 1 aliphatic carbocycles. The van der Waals surface area contributed by atoms with Crippen LogP contribution in [0.5, 0.6) is 0 Å². The van der Waals surface area contributed by atoms with Gasteiger partial charge in [-0.15, -0.1) is 0 Å². The van der Waals surface area contributed by atoms with Gasteiger partial charge < -0.3 is 5.32 Å². The van der Waals surface area contributed by atoms with Gasteiger partial charge in [0, 0.05) is 5.92 Å². The molecule has 0 unspecified atom stereocenters. The maximum absolute atomic E-state index is 11.7. The smallest absolute Gasteiger partial charge is 0.227 e. The van der Waals surface area contributed by atoms with Crippen molar-refractivity contribution in [1.82, 2.24) is 0 Å². The molecule has 2 atom stereocenters. The van der Waals surface area contributed by atoms with Gasteiger partial charge in [0.1, 0.15) is 0 Å². The quantitative estimate of drug-likeness (QED) is 0.820. The van der Waals surface area contributed by atoms with E-state index in [1.165, 1.54) is 0 Å². The summed E-state index contributed by atoms with van der Waals surface area (Å²) in [6.07, 6.45) is 0.995. The van der Waals surface area contributed by atoms with Gasteiger partial charge in [0.15, 0.2) is 0 Å². The summed E-state index contributed by atoms with van der Waals surface area (Å²) in [5.74, 6) is 0.796. The standard InChI is InChI=1S/C12H14ClNO/c1-7-3-4-11(10(13)5-7)14-12(15)9-6-8(9)2/h3-5,8-9H,6H2,1-2H3,(H,14,15)/t8-,9-/m0/s1. The van der Waals surface area contributed by atoms with Gasteiger partial charge in [-0.25, -0.2) is 0 Å². The Hall–Kier alpha value is -1.02. The summed E-state index contributed by atoms with van der Waals surface area (Å²) >= 11 is 6.02. The van der Waals surface area contributed by atoms with E-state index in [-0.39, 0.29) is 11.8 Å². The van der Waals surface area contributed by atoms with Gasteiger partial charge in [0.05, 0.1) is 10.7 Å². The Balaban J connectivity index is 2.07. The molecule has 1 aromatic carbocycles. The van der Waals surface area contributed by atoms with Crippen LogP contribution in [-0.2, 0) is 4.79 Å². The first-order valence-electron chi connectivity index (χ1n) is 5.15.